The van der Waals surface area contributed by atoms with Gasteiger partial charge in [-0.2, -0.15) is 0 Å². The van der Waals surface area contributed by atoms with Gasteiger partial charge >= 0.3 is 0 Å². The second-order valence-corrected chi connectivity index (χ2v) is 5.71. The summed E-state index contributed by atoms with van der Waals surface area (Å²) in [6.07, 6.45) is 3.34. The fourth-order valence-corrected chi connectivity index (χ4v) is 3.31. The van der Waals surface area contributed by atoms with Gasteiger partial charge in [-0.3, -0.25) is 9.69 Å². The first-order valence-electron chi connectivity index (χ1n) is 7.23. The highest BCUT2D eigenvalue weighted by Gasteiger charge is 2.30. The molecule has 2 aliphatic rings. The zero-order valence-electron chi connectivity index (χ0n) is 11.5. The molecule has 0 spiro atoms. The highest BCUT2D eigenvalue weighted by Crippen LogP contribution is 2.23. The fraction of sp³-hybridized carbons (Fsp3) is 0.533. The minimum Gasteiger partial charge on any atom is -0.399 e. The monoisotopic (exact) mass is 277 g/mol. The Labute approximate surface area is 118 Å². The van der Waals surface area contributed by atoms with Gasteiger partial charge in [-0.1, -0.05) is 0 Å². The highest BCUT2D eigenvalue weighted by atomic mass is 19.1. The van der Waals surface area contributed by atoms with Crippen LogP contribution in [-0.4, -0.2) is 47.9 Å². The average Bonchev–Trinajstić information content (AvgIpc) is 2.74. The maximum Gasteiger partial charge on any atom is 0.254 e. The molecule has 5 heteroatoms. The molecule has 0 aromatic heterocycles. The maximum absolute atomic E-state index is 13.4. The predicted octanol–water partition coefficient (Wildman–Crippen LogP) is 1.72. The summed E-state index contributed by atoms with van der Waals surface area (Å²) in [4.78, 5) is 16.8. The molecule has 1 atom stereocenters. The van der Waals surface area contributed by atoms with Crippen LogP contribution in [0, 0.1) is 5.82 Å². The Morgan fingerprint density at radius 3 is 2.80 bits per heavy atom. The van der Waals surface area contributed by atoms with Crippen molar-refractivity contribution in [2.45, 2.75) is 25.3 Å². The summed E-state index contributed by atoms with van der Waals surface area (Å²) in [7, 11) is 0. The van der Waals surface area contributed by atoms with Gasteiger partial charge in [0.2, 0.25) is 0 Å². The number of nitrogens with two attached hydrogens (primary N) is 1. The van der Waals surface area contributed by atoms with Crippen molar-refractivity contribution in [3.63, 3.8) is 0 Å². The number of halogens is 1. The number of benzene rings is 1. The van der Waals surface area contributed by atoms with E-state index in [9.17, 15) is 9.18 Å². The summed E-state index contributed by atoms with van der Waals surface area (Å²) in [5.41, 5.74) is 6.28. The standard InChI is InChI=1S/C15H20FN3O/c16-12-7-11(8-13(17)9-12)15(20)19-6-2-5-18-4-1-3-14(18)10-19/h7-9,14H,1-6,10,17H2. The first kappa shape index (κ1) is 13.4. The van der Waals surface area contributed by atoms with Crippen molar-refractivity contribution in [3.05, 3.63) is 29.6 Å². The number of nitrogen functional groups attached to an aromatic ring is 1. The molecule has 2 N–H and O–H groups in total. The normalized spacial score (nSPS) is 23.4. The van der Waals surface area contributed by atoms with Crippen molar-refractivity contribution in [2.24, 2.45) is 0 Å². The van der Waals surface area contributed by atoms with E-state index in [1.54, 1.807) is 6.07 Å². The minimum atomic E-state index is -0.453. The molecule has 1 aromatic rings. The topological polar surface area (TPSA) is 49.6 Å². The Morgan fingerprint density at radius 2 is 2.00 bits per heavy atom. The van der Waals surface area contributed by atoms with Crippen molar-refractivity contribution < 1.29 is 9.18 Å². The quantitative estimate of drug-likeness (QED) is 0.795. The van der Waals surface area contributed by atoms with Gasteiger partial charge in [0.1, 0.15) is 5.82 Å². The lowest BCUT2D eigenvalue weighted by atomic mass is 10.1. The summed E-state index contributed by atoms with van der Waals surface area (Å²) >= 11 is 0. The Bertz CT molecular complexity index is 500. The number of nitrogens with zero attached hydrogens (tertiary/aromatic N) is 2. The van der Waals surface area contributed by atoms with Gasteiger partial charge in [-0.15, -0.1) is 0 Å². The minimum absolute atomic E-state index is 0.107. The van der Waals surface area contributed by atoms with Gasteiger partial charge in [-0.05, 0) is 44.0 Å². The van der Waals surface area contributed by atoms with Crippen LogP contribution in [0.2, 0.25) is 0 Å². The largest absolute Gasteiger partial charge is 0.399 e. The van der Waals surface area contributed by atoms with Crippen LogP contribution < -0.4 is 5.73 Å². The fourth-order valence-electron chi connectivity index (χ4n) is 3.31. The second-order valence-electron chi connectivity index (χ2n) is 5.71. The van der Waals surface area contributed by atoms with Crippen LogP contribution >= 0.6 is 0 Å². The van der Waals surface area contributed by atoms with E-state index in [4.69, 9.17) is 5.73 Å². The van der Waals surface area contributed by atoms with Crippen molar-refractivity contribution in [3.8, 4) is 0 Å². The van der Waals surface area contributed by atoms with Crippen LogP contribution in [0.3, 0.4) is 0 Å². The van der Waals surface area contributed by atoms with Crippen LogP contribution in [0.15, 0.2) is 18.2 Å². The van der Waals surface area contributed by atoms with Crippen LogP contribution in [0.1, 0.15) is 29.6 Å². The van der Waals surface area contributed by atoms with E-state index in [1.165, 1.54) is 18.6 Å². The Balaban J connectivity index is 1.78. The number of hydrogen-bond acceptors (Lipinski definition) is 3. The van der Waals surface area contributed by atoms with Gasteiger partial charge in [-0.25, -0.2) is 4.39 Å². The average molecular weight is 277 g/mol. The second kappa shape index (κ2) is 5.40. The zero-order chi connectivity index (χ0) is 14.1. The van der Waals surface area contributed by atoms with Crippen molar-refractivity contribution in [1.29, 1.82) is 0 Å². The number of rotatable bonds is 1. The molecule has 2 saturated heterocycles. The van der Waals surface area contributed by atoms with E-state index < -0.39 is 5.82 Å². The molecule has 1 amide bonds. The molecule has 1 aromatic carbocycles. The molecule has 0 radical (unpaired) electrons. The highest BCUT2D eigenvalue weighted by molar-refractivity contribution is 5.95. The number of carbonyl (C=O) groups is 1. The summed E-state index contributed by atoms with van der Waals surface area (Å²) in [5, 5.41) is 0. The molecule has 0 bridgehead atoms. The van der Waals surface area contributed by atoms with E-state index in [1.807, 2.05) is 4.90 Å². The molecule has 4 nitrogen and oxygen atoms in total. The number of hydrogen-bond donors (Lipinski definition) is 1. The molecule has 2 aliphatic heterocycles. The molecular formula is C15H20FN3O. The Hall–Kier alpha value is -1.62. The van der Waals surface area contributed by atoms with Gasteiger partial charge < -0.3 is 10.6 Å². The molecule has 0 aliphatic carbocycles. The molecular weight excluding hydrogens is 257 g/mol. The Kier molecular flexibility index (Phi) is 3.61. The summed E-state index contributed by atoms with van der Waals surface area (Å²) in [5.74, 6) is -0.560. The van der Waals surface area contributed by atoms with Gasteiger partial charge in [0.15, 0.2) is 0 Å². The van der Waals surface area contributed by atoms with Crippen LogP contribution in [0.4, 0.5) is 10.1 Å². The van der Waals surface area contributed by atoms with Crippen LogP contribution in [0.25, 0.3) is 0 Å². The van der Waals surface area contributed by atoms with E-state index >= 15 is 0 Å². The SMILES string of the molecule is Nc1cc(F)cc(C(=O)N2CCCN3CCCC3C2)c1. The van der Waals surface area contributed by atoms with E-state index in [0.717, 1.165) is 39.0 Å². The lowest BCUT2D eigenvalue weighted by Gasteiger charge is -2.25. The van der Waals surface area contributed by atoms with Gasteiger partial charge in [0.05, 0.1) is 0 Å². The first-order chi connectivity index (χ1) is 9.63. The third-order valence-corrected chi connectivity index (χ3v) is 4.26. The van der Waals surface area contributed by atoms with Gasteiger partial charge in [0, 0.05) is 36.9 Å². The molecule has 20 heavy (non-hydrogen) atoms. The van der Waals surface area contributed by atoms with E-state index in [2.05, 4.69) is 4.90 Å². The lowest BCUT2D eigenvalue weighted by Crippen LogP contribution is -2.39. The van der Waals surface area contributed by atoms with Gasteiger partial charge in [0.25, 0.3) is 5.91 Å². The number of carbonyl (C=O) groups excluding carboxylic acids is 1. The van der Waals surface area contributed by atoms with Crippen molar-refractivity contribution in [1.82, 2.24) is 9.80 Å². The number of amides is 1. The molecule has 3 rings (SSSR count). The van der Waals surface area contributed by atoms with Crippen LogP contribution in [0.5, 0.6) is 0 Å². The Morgan fingerprint density at radius 1 is 1.20 bits per heavy atom. The smallest absolute Gasteiger partial charge is 0.254 e. The van der Waals surface area contributed by atoms with Crippen molar-refractivity contribution in [2.75, 3.05) is 31.9 Å². The number of fused-ring (bicyclic) bond motifs is 1. The van der Waals surface area contributed by atoms with Crippen molar-refractivity contribution >= 4 is 11.6 Å². The number of anilines is 1. The third kappa shape index (κ3) is 2.63. The molecule has 2 heterocycles. The molecule has 108 valence electrons. The predicted molar refractivity (Wildman–Crippen MR) is 75.9 cm³/mol. The molecule has 0 saturated carbocycles. The first-order valence-corrected chi connectivity index (χ1v) is 7.23. The van der Waals surface area contributed by atoms with E-state index in [-0.39, 0.29) is 5.91 Å². The molecule has 2 fully saturated rings. The summed E-state index contributed by atoms with van der Waals surface area (Å²) in [6.45, 7) is 3.68. The third-order valence-electron chi connectivity index (χ3n) is 4.26. The summed E-state index contributed by atoms with van der Waals surface area (Å²) < 4.78 is 13.4. The van der Waals surface area contributed by atoms with Crippen LogP contribution in [-0.2, 0) is 0 Å². The molecule has 1 unspecified atom stereocenters. The lowest BCUT2D eigenvalue weighted by molar-refractivity contribution is 0.0743. The van der Waals surface area contributed by atoms with E-state index in [0.29, 0.717) is 17.3 Å². The maximum atomic E-state index is 13.4. The zero-order valence-corrected chi connectivity index (χ0v) is 11.5. The summed E-state index contributed by atoms with van der Waals surface area (Å²) in [6, 6.07) is 4.53.